The number of nitrogens with one attached hydrogen (secondary N) is 1. The van der Waals surface area contributed by atoms with Crippen molar-refractivity contribution in [2.75, 3.05) is 5.32 Å². The predicted octanol–water partition coefficient (Wildman–Crippen LogP) is 5.35. The van der Waals surface area contributed by atoms with Gasteiger partial charge in [-0.1, -0.05) is 12.1 Å². The van der Waals surface area contributed by atoms with Crippen molar-refractivity contribution >= 4 is 39.0 Å². The molecule has 1 aromatic carbocycles. The molecule has 0 aliphatic carbocycles. The second-order valence-electron chi connectivity index (χ2n) is 5.62. The highest BCUT2D eigenvalue weighted by molar-refractivity contribution is 9.10. The van der Waals surface area contributed by atoms with Crippen molar-refractivity contribution in [1.29, 1.82) is 0 Å². The summed E-state index contributed by atoms with van der Waals surface area (Å²) in [5.41, 5.74) is 3.31. The summed E-state index contributed by atoms with van der Waals surface area (Å²) in [6.45, 7) is 4.54. The zero-order valence-corrected chi connectivity index (χ0v) is 16.3. The van der Waals surface area contributed by atoms with E-state index in [0.29, 0.717) is 17.3 Å². The van der Waals surface area contributed by atoms with Crippen molar-refractivity contribution in [3.05, 3.63) is 74.0 Å². The summed E-state index contributed by atoms with van der Waals surface area (Å²) in [6.07, 6.45) is 1.65. The Morgan fingerprint density at radius 1 is 1.28 bits per heavy atom. The lowest BCUT2D eigenvalue weighted by Crippen LogP contribution is -2.11. The number of thiophene rings is 1. The Balaban J connectivity index is 1.62. The monoisotopic (exact) mass is 416 g/mol. The fourth-order valence-electron chi connectivity index (χ4n) is 2.24. The number of aryl methyl sites for hydroxylation is 1. The second-order valence-corrected chi connectivity index (χ2v) is 7.45. The summed E-state index contributed by atoms with van der Waals surface area (Å²) in [5.74, 6) is 1.23. The molecule has 0 radical (unpaired) electrons. The Hall–Kier alpha value is -2.18. The highest BCUT2D eigenvalue weighted by Crippen LogP contribution is 2.23. The average molecular weight is 417 g/mol. The van der Waals surface area contributed by atoms with Crippen molar-refractivity contribution in [1.82, 2.24) is 4.98 Å². The highest BCUT2D eigenvalue weighted by atomic mass is 79.9. The molecule has 0 spiro atoms. The van der Waals surface area contributed by atoms with E-state index in [1.165, 1.54) is 16.9 Å². The van der Waals surface area contributed by atoms with Crippen molar-refractivity contribution in [2.24, 2.45) is 0 Å². The first-order chi connectivity index (χ1) is 12.0. The van der Waals surface area contributed by atoms with E-state index in [2.05, 4.69) is 39.2 Å². The number of aromatic nitrogens is 1. The quantitative estimate of drug-likeness (QED) is 0.609. The molecule has 1 N–H and O–H groups in total. The summed E-state index contributed by atoms with van der Waals surface area (Å²) in [6, 6.07) is 11.4. The predicted molar refractivity (Wildman–Crippen MR) is 104 cm³/mol. The minimum Gasteiger partial charge on any atom is -0.489 e. The molecule has 3 aromatic rings. The van der Waals surface area contributed by atoms with Crippen LogP contribution in [0.3, 0.4) is 0 Å². The van der Waals surface area contributed by atoms with Gasteiger partial charge in [-0.25, -0.2) is 4.98 Å². The Bertz CT molecular complexity index is 891. The van der Waals surface area contributed by atoms with E-state index in [1.54, 1.807) is 12.3 Å². The first-order valence-electron chi connectivity index (χ1n) is 7.72. The number of carbonyl (C=O) groups excluding carboxylic acids is 1. The number of carbonyl (C=O) groups is 1. The first kappa shape index (κ1) is 17.6. The van der Waals surface area contributed by atoms with Crippen LogP contribution in [0.4, 0.5) is 5.82 Å². The van der Waals surface area contributed by atoms with Gasteiger partial charge in [0.15, 0.2) is 0 Å². The number of amides is 1. The van der Waals surface area contributed by atoms with Crippen LogP contribution in [-0.2, 0) is 6.61 Å². The Morgan fingerprint density at radius 3 is 2.88 bits per heavy atom. The lowest BCUT2D eigenvalue weighted by atomic mass is 10.1. The number of hydrogen-bond donors (Lipinski definition) is 1. The van der Waals surface area contributed by atoms with Gasteiger partial charge in [0.25, 0.3) is 5.91 Å². The van der Waals surface area contributed by atoms with Gasteiger partial charge in [-0.15, -0.1) is 11.3 Å². The minimum absolute atomic E-state index is 0.169. The Morgan fingerprint density at radius 2 is 2.12 bits per heavy atom. The van der Waals surface area contributed by atoms with E-state index >= 15 is 0 Å². The normalized spacial score (nSPS) is 10.5. The Kier molecular flexibility index (Phi) is 5.50. The molecule has 25 heavy (non-hydrogen) atoms. The van der Waals surface area contributed by atoms with E-state index in [-0.39, 0.29) is 5.91 Å². The average Bonchev–Trinajstić information content (AvgIpc) is 3.07. The number of benzene rings is 1. The molecule has 0 saturated heterocycles. The minimum atomic E-state index is -0.169. The van der Waals surface area contributed by atoms with Gasteiger partial charge in [-0.2, -0.15) is 0 Å². The molecule has 1 amide bonds. The van der Waals surface area contributed by atoms with Crippen LogP contribution in [0.25, 0.3) is 0 Å². The number of ether oxygens (including phenoxy) is 1. The first-order valence-corrected chi connectivity index (χ1v) is 9.39. The van der Waals surface area contributed by atoms with Gasteiger partial charge in [0.05, 0.1) is 4.88 Å². The zero-order valence-electron chi connectivity index (χ0n) is 13.9. The largest absolute Gasteiger partial charge is 0.489 e. The molecular weight excluding hydrogens is 400 g/mol. The molecule has 2 aromatic heterocycles. The molecule has 128 valence electrons. The summed E-state index contributed by atoms with van der Waals surface area (Å²) < 4.78 is 6.75. The molecule has 4 nitrogen and oxygen atoms in total. The maximum absolute atomic E-state index is 12.3. The van der Waals surface area contributed by atoms with Crippen LogP contribution in [0.5, 0.6) is 5.75 Å². The van der Waals surface area contributed by atoms with Gasteiger partial charge in [-0.3, -0.25) is 4.79 Å². The van der Waals surface area contributed by atoms with Crippen molar-refractivity contribution in [3.63, 3.8) is 0 Å². The van der Waals surface area contributed by atoms with Crippen LogP contribution in [0.1, 0.15) is 26.4 Å². The van der Waals surface area contributed by atoms with Crippen molar-refractivity contribution in [2.45, 2.75) is 20.5 Å². The van der Waals surface area contributed by atoms with Gasteiger partial charge in [0, 0.05) is 16.2 Å². The molecule has 0 aliphatic rings. The van der Waals surface area contributed by atoms with Crippen LogP contribution in [0.15, 0.2) is 52.4 Å². The number of nitrogens with zero attached hydrogens (tertiary/aromatic N) is 1. The molecular formula is C19H17BrN2O2S. The molecule has 0 atom stereocenters. The Labute approximate surface area is 159 Å². The van der Waals surface area contributed by atoms with Gasteiger partial charge in [0.2, 0.25) is 0 Å². The van der Waals surface area contributed by atoms with E-state index in [4.69, 9.17) is 4.74 Å². The molecule has 0 unspecified atom stereocenters. The second kappa shape index (κ2) is 7.80. The molecule has 3 rings (SSSR count). The van der Waals surface area contributed by atoms with Crippen LogP contribution < -0.4 is 10.1 Å². The fourth-order valence-corrected chi connectivity index (χ4v) is 3.27. The summed E-state index contributed by atoms with van der Waals surface area (Å²) in [4.78, 5) is 17.1. The number of pyridine rings is 1. The molecule has 6 heteroatoms. The van der Waals surface area contributed by atoms with Crippen LogP contribution >= 0.6 is 27.3 Å². The van der Waals surface area contributed by atoms with Gasteiger partial charge in [-0.05, 0) is 70.5 Å². The maximum atomic E-state index is 12.3. The van der Waals surface area contributed by atoms with E-state index < -0.39 is 0 Å². The number of hydrogen-bond acceptors (Lipinski definition) is 4. The van der Waals surface area contributed by atoms with Gasteiger partial charge < -0.3 is 10.1 Å². The molecule has 0 fully saturated rings. The van der Waals surface area contributed by atoms with Crippen molar-refractivity contribution in [3.8, 4) is 5.75 Å². The van der Waals surface area contributed by atoms with E-state index in [9.17, 15) is 4.79 Å². The van der Waals surface area contributed by atoms with E-state index in [1.807, 2.05) is 36.6 Å². The topological polar surface area (TPSA) is 51.2 Å². The molecule has 2 heterocycles. The third-order valence-corrected chi connectivity index (χ3v) is 5.24. The van der Waals surface area contributed by atoms with Crippen LogP contribution in [-0.4, -0.2) is 10.9 Å². The van der Waals surface area contributed by atoms with Gasteiger partial charge >= 0.3 is 0 Å². The van der Waals surface area contributed by atoms with Crippen LogP contribution in [0, 0.1) is 13.8 Å². The number of rotatable bonds is 5. The molecule has 0 aliphatic heterocycles. The van der Waals surface area contributed by atoms with E-state index in [0.717, 1.165) is 21.3 Å². The number of halogens is 1. The van der Waals surface area contributed by atoms with Gasteiger partial charge in [0.1, 0.15) is 18.2 Å². The SMILES string of the molecule is Cc1cccc(OCc2csc(C(=O)Nc3ccc(Br)cn3)c2)c1C. The van der Waals surface area contributed by atoms with Crippen molar-refractivity contribution < 1.29 is 9.53 Å². The summed E-state index contributed by atoms with van der Waals surface area (Å²) in [7, 11) is 0. The summed E-state index contributed by atoms with van der Waals surface area (Å²) in [5, 5.41) is 4.73. The fraction of sp³-hybridized carbons (Fsp3) is 0.158. The third-order valence-electron chi connectivity index (χ3n) is 3.80. The lowest BCUT2D eigenvalue weighted by molar-refractivity contribution is 0.103. The highest BCUT2D eigenvalue weighted by Gasteiger charge is 2.11. The molecule has 0 saturated carbocycles. The smallest absolute Gasteiger partial charge is 0.266 e. The standard InChI is InChI=1S/C19H17BrN2O2S/c1-12-4-3-5-16(13(12)2)24-10-14-8-17(25-11-14)19(23)22-18-7-6-15(20)9-21-18/h3-9,11H,10H2,1-2H3,(H,21,22,23). The summed E-state index contributed by atoms with van der Waals surface area (Å²) >= 11 is 4.71. The maximum Gasteiger partial charge on any atom is 0.266 e. The van der Waals surface area contributed by atoms with Crippen LogP contribution in [0.2, 0.25) is 0 Å². The lowest BCUT2D eigenvalue weighted by Gasteiger charge is -2.09. The number of anilines is 1. The zero-order chi connectivity index (χ0) is 17.8. The third kappa shape index (κ3) is 4.46. The molecule has 0 bridgehead atoms.